The minimum atomic E-state index is 0.967. The molecule has 0 saturated heterocycles. The van der Waals surface area contributed by atoms with Crippen LogP contribution in [-0.4, -0.2) is 29.5 Å². The first-order valence-electron chi connectivity index (χ1n) is 7.06. The maximum atomic E-state index is 4.11. The third-order valence-corrected chi connectivity index (χ3v) is 3.39. The maximum absolute atomic E-state index is 4.11. The average Bonchev–Trinajstić information content (AvgIpc) is 3.30. The number of anilines is 2. The molecule has 0 amide bonds. The quantitative estimate of drug-likeness (QED) is 0.627. The molecule has 7 nitrogen and oxygen atoms in total. The highest BCUT2D eigenvalue weighted by atomic mass is 15.3. The van der Waals surface area contributed by atoms with E-state index in [4.69, 9.17) is 0 Å². The summed E-state index contributed by atoms with van der Waals surface area (Å²) in [6.45, 7) is 0. The molecule has 0 fully saturated rings. The van der Waals surface area contributed by atoms with Crippen molar-refractivity contribution in [2.24, 2.45) is 0 Å². The normalized spacial score (nSPS) is 10.6. The molecule has 0 aliphatic heterocycles. The molecule has 23 heavy (non-hydrogen) atoms. The van der Waals surface area contributed by atoms with Crippen molar-refractivity contribution in [3.8, 4) is 11.4 Å². The van der Waals surface area contributed by atoms with Gasteiger partial charge in [-0.15, -0.1) is 0 Å². The van der Waals surface area contributed by atoms with Crippen LogP contribution in [0.2, 0.25) is 0 Å². The molecule has 1 N–H and O–H groups in total. The van der Waals surface area contributed by atoms with Crippen LogP contribution in [0.1, 0.15) is 0 Å². The molecular weight excluding hydrogens is 290 g/mol. The minimum absolute atomic E-state index is 0.967. The molecule has 112 valence electrons. The van der Waals surface area contributed by atoms with E-state index in [2.05, 4.69) is 25.5 Å². The van der Waals surface area contributed by atoms with Crippen LogP contribution in [0.15, 0.2) is 73.8 Å². The second kappa shape index (κ2) is 5.72. The largest absolute Gasteiger partial charge is 0.356 e. The van der Waals surface area contributed by atoms with Crippen molar-refractivity contribution < 1.29 is 0 Å². The summed E-state index contributed by atoms with van der Waals surface area (Å²) in [4.78, 5) is 7.89. The van der Waals surface area contributed by atoms with Gasteiger partial charge in [0.2, 0.25) is 0 Å². The van der Waals surface area contributed by atoms with Crippen LogP contribution in [0.5, 0.6) is 0 Å². The van der Waals surface area contributed by atoms with Gasteiger partial charge in [0.25, 0.3) is 0 Å². The molecule has 0 aliphatic carbocycles. The lowest BCUT2D eigenvalue weighted by molar-refractivity contribution is 0.879. The molecule has 0 radical (unpaired) electrons. The second-order valence-corrected chi connectivity index (χ2v) is 4.90. The molecule has 4 rings (SSSR count). The van der Waals surface area contributed by atoms with E-state index in [1.54, 1.807) is 22.0 Å². The Kier molecular flexibility index (Phi) is 3.28. The van der Waals surface area contributed by atoms with E-state index in [0.29, 0.717) is 0 Å². The molecule has 0 atom stereocenters. The fourth-order valence-electron chi connectivity index (χ4n) is 2.24. The van der Waals surface area contributed by atoms with Crippen LogP contribution in [0, 0.1) is 0 Å². The first kappa shape index (κ1) is 13.2. The van der Waals surface area contributed by atoms with Crippen LogP contribution in [0.4, 0.5) is 11.4 Å². The van der Waals surface area contributed by atoms with Crippen molar-refractivity contribution in [1.29, 1.82) is 0 Å². The van der Waals surface area contributed by atoms with E-state index in [-0.39, 0.29) is 0 Å². The monoisotopic (exact) mass is 303 g/mol. The fourth-order valence-corrected chi connectivity index (χ4v) is 2.24. The smallest absolute Gasteiger partial charge is 0.138 e. The summed E-state index contributed by atoms with van der Waals surface area (Å²) >= 11 is 0. The standard InChI is InChI=1S/C16H13N7/c1-5-15(22-11-17-9-19-22)6-2-13(1)21-14-3-7-16(8-4-14)23-12-18-10-20-23/h1-12,21H. The third-order valence-electron chi connectivity index (χ3n) is 3.39. The molecule has 4 aromatic rings. The zero-order valence-electron chi connectivity index (χ0n) is 12.1. The van der Waals surface area contributed by atoms with Crippen LogP contribution in [0.3, 0.4) is 0 Å². The Morgan fingerprint density at radius 3 is 1.39 bits per heavy atom. The van der Waals surface area contributed by atoms with Crippen molar-refractivity contribution >= 4 is 11.4 Å². The molecule has 2 aromatic carbocycles. The summed E-state index contributed by atoms with van der Waals surface area (Å²) < 4.78 is 3.44. The van der Waals surface area contributed by atoms with Gasteiger partial charge in [-0.3, -0.25) is 0 Å². The van der Waals surface area contributed by atoms with Gasteiger partial charge in [0.15, 0.2) is 0 Å². The van der Waals surface area contributed by atoms with Gasteiger partial charge >= 0.3 is 0 Å². The van der Waals surface area contributed by atoms with Gasteiger partial charge in [-0.1, -0.05) is 0 Å². The Morgan fingerprint density at radius 1 is 0.609 bits per heavy atom. The second-order valence-electron chi connectivity index (χ2n) is 4.90. The Hall–Kier alpha value is -3.48. The van der Waals surface area contributed by atoms with Crippen molar-refractivity contribution in [2.75, 3.05) is 5.32 Å². The molecule has 0 bridgehead atoms. The Bertz CT molecular complexity index is 788. The van der Waals surface area contributed by atoms with Gasteiger partial charge in [0.1, 0.15) is 25.3 Å². The number of nitrogens with zero attached hydrogens (tertiary/aromatic N) is 6. The lowest BCUT2D eigenvalue weighted by Crippen LogP contribution is -1.96. The molecule has 2 heterocycles. The van der Waals surface area contributed by atoms with Crippen LogP contribution < -0.4 is 5.32 Å². The molecule has 0 aliphatic rings. The number of benzene rings is 2. The number of hydrogen-bond donors (Lipinski definition) is 1. The fraction of sp³-hybridized carbons (Fsp3) is 0. The lowest BCUT2D eigenvalue weighted by Gasteiger charge is -2.08. The van der Waals surface area contributed by atoms with E-state index >= 15 is 0 Å². The van der Waals surface area contributed by atoms with Crippen LogP contribution in [0.25, 0.3) is 11.4 Å². The summed E-state index contributed by atoms with van der Waals surface area (Å²) in [6.07, 6.45) is 6.38. The molecular formula is C16H13N7. The SMILES string of the molecule is c1ncn(-c2ccc(Nc3ccc(-n4cncn4)cc3)cc2)n1. The summed E-state index contributed by atoms with van der Waals surface area (Å²) in [7, 11) is 0. The van der Waals surface area contributed by atoms with Gasteiger partial charge in [0, 0.05) is 11.4 Å². The first-order chi connectivity index (χ1) is 11.4. The molecule has 2 aromatic heterocycles. The van der Waals surface area contributed by atoms with Crippen molar-refractivity contribution in [3.63, 3.8) is 0 Å². The highest BCUT2D eigenvalue weighted by Gasteiger charge is 2.00. The Balaban J connectivity index is 1.49. The van der Waals surface area contributed by atoms with Crippen molar-refractivity contribution in [2.45, 2.75) is 0 Å². The van der Waals surface area contributed by atoms with Gasteiger partial charge in [-0.25, -0.2) is 19.3 Å². The maximum Gasteiger partial charge on any atom is 0.138 e. The third kappa shape index (κ3) is 2.80. The van der Waals surface area contributed by atoms with E-state index in [9.17, 15) is 0 Å². The predicted octanol–water partition coefficient (Wildman–Crippen LogP) is 2.59. The number of hydrogen-bond acceptors (Lipinski definition) is 5. The summed E-state index contributed by atoms with van der Waals surface area (Å²) in [5.74, 6) is 0. The molecule has 0 spiro atoms. The Morgan fingerprint density at radius 2 is 1.04 bits per heavy atom. The van der Waals surface area contributed by atoms with Gasteiger partial charge in [0.05, 0.1) is 11.4 Å². The highest BCUT2D eigenvalue weighted by molar-refractivity contribution is 5.61. The predicted molar refractivity (Wildman–Crippen MR) is 86.0 cm³/mol. The number of aromatic nitrogens is 6. The van der Waals surface area contributed by atoms with Crippen molar-refractivity contribution in [3.05, 3.63) is 73.8 Å². The van der Waals surface area contributed by atoms with Gasteiger partial charge in [-0.2, -0.15) is 10.2 Å². The summed E-state index contributed by atoms with van der Waals surface area (Å²) in [5, 5.41) is 11.6. The van der Waals surface area contributed by atoms with E-state index in [1.807, 2.05) is 48.5 Å². The van der Waals surface area contributed by atoms with Gasteiger partial charge < -0.3 is 5.32 Å². The zero-order valence-corrected chi connectivity index (χ0v) is 12.1. The summed E-state index contributed by atoms with van der Waals surface area (Å²) in [5.41, 5.74) is 3.94. The number of rotatable bonds is 4. The van der Waals surface area contributed by atoms with E-state index < -0.39 is 0 Å². The zero-order chi connectivity index (χ0) is 15.5. The first-order valence-corrected chi connectivity index (χ1v) is 7.06. The topological polar surface area (TPSA) is 73.5 Å². The Labute approximate surface area is 132 Å². The molecule has 0 unspecified atom stereocenters. The minimum Gasteiger partial charge on any atom is -0.356 e. The van der Waals surface area contributed by atoms with E-state index in [1.165, 1.54) is 12.7 Å². The summed E-state index contributed by atoms with van der Waals surface area (Å²) in [6, 6.07) is 16.0. The average molecular weight is 303 g/mol. The van der Waals surface area contributed by atoms with Gasteiger partial charge in [-0.05, 0) is 48.5 Å². The van der Waals surface area contributed by atoms with Crippen LogP contribution in [-0.2, 0) is 0 Å². The van der Waals surface area contributed by atoms with E-state index in [0.717, 1.165) is 22.7 Å². The molecule has 0 saturated carbocycles. The lowest BCUT2D eigenvalue weighted by atomic mass is 10.2. The van der Waals surface area contributed by atoms with Crippen LogP contribution >= 0.6 is 0 Å². The highest BCUT2D eigenvalue weighted by Crippen LogP contribution is 2.19. The number of nitrogens with one attached hydrogen (secondary N) is 1. The van der Waals surface area contributed by atoms with Crippen molar-refractivity contribution in [1.82, 2.24) is 29.5 Å². The molecule has 7 heteroatoms.